The minimum Gasteiger partial charge on any atom is -0.310 e. The highest BCUT2D eigenvalue weighted by Gasteiger charge is 2.42. The van der Waals surface area contributed by atoms with Crippen LogP contribution in [0.5, 0.6) is 0 Å². The number of rotatable bonds is 9. The lowest BCUT2D eigenvalue weighted by atomic mass is 9.82. The van der Waals surface area contributed by atoms with E-state index < -0.39 is 8.07 Å². The minimum atomic E-state index is -2.68. The van der Waals surface area contributed by atoms with E-state index >= 15 is 0 Å². The SMILES string of the molecule is CC1(C)c2ccc(-c3ccc4ccccc4c3)cc2-c2ccc(N(c3ccc(C4CC5CCC4C5)cc3)c3ccc([Si](c4ccccc4)(c4ccccc4)c4ccccc4)cc3)cc21. The summed E-state index contributed by atoms with van der Waals surface area (Å²) in [6, 6.07) is 83.0. The highest BCUT2D eigenvalue weighted by Crippen LogP contribution is 2.54. The number of anilines is 3. The van der Waals surface area contributed by atoms with E-state index in [1.807, 2.05) is 0 Å². The fourth-order valence-electron chi connectivity index (χ4n) is 12.3. The molecule has 0 spiro atoms. The van der Waals surface area contributed by atoms with Crippen molar-refractivity contribution in [1.82, 2.24) is 0 Å². The number of benzene rings is 9. The molecule has 0 aliphatic heterocycles. The van der Waals surface area contributed by atoms with Crippen LogP contribution >= 0.6 is 0 Å². The van der Waals surface area contributed by atoms with Gasteiger partial charge in [0.25, 0.3) is 0 Å². The Bertz CT molecular complexity index is 3040. The maximum Gasteiger partial charge on any atom is 0.179 e. The van der Waals surface area contributed by atoms with E-state index in [1.165, 1.54) is 113 Å². The van der Waals surface area contributed by atoms with Crippen LogP contribution in [0.15, 0.2) is 218 Å². The topological polar surface area (TPSA) is 3.24 Å². The summed E-state index contributed by atoms with van der Waals surface area (Å²) in [4.78, 5) is 2.50. The fraction of sp³-hybridized carbons (Fsp3) is 0.161. The zero-order valence-electron chi connectivity index (χ0n) is 36.8. The maximum atomic E-state index is 2.50. The molecule has 0 saturated heterocycles. The average Bonchev–Trinajstić information content (AvgIpc) is 4.06. The molecule has 310 valence electrons. The van der Waals surface area contributed by atoms with Crippen molar-refractivity contribution in [1.29, 1.82) is 0 Å². The van der Waals surface area contributed by atoms with Gasteiger partial charge in [0.05, 0.1) is 0 Å². The van der Waals surface area contributed by atoms with Gasteiger partial charge < -0.3 is 4.90 Å². The van der Waals surface area contributed by atoms with Crippen molar-refractivity contribution in [3.63, 3.8) is 0 Å². The molecule has 0 aromatic heterocycles. The Morgan fingerprint density at radius 1 is 0.422 bits per heavy atom. The molecule has 0 heterocycles. The van der Waals surface area contributed by atoms with Crippen LogP contribution in [0.1, 0.15) is 62.1 Å². The van der Waals surface area contributed by atoms with E-state index in [0.717, 1.165) is 11.8 Å². The molecule has 64 heavy (non-hydrogen) atoms. The third kappa shape index (κ3) is 6.33. The van der Waals surface area contributed by atoms with Crippen molar-refractivity contribution in [3.8, 4) is 22.3 Å². The lowest BCUT2D eigenvalue weighted by molar-refractivity contribution is 0.420. The Morgan fingerprint density at radius 3 is 1.58 bits per heavy atom. The van der Waals surface area contributed by atoms with Crippen LogP contribution in [0.25, 0.3) is 33.0 Å². The normalized spacial score (nSPS) is 18.2. The molecule has 2 heteroatoms. The number of nitrogens with zero attached hydrogens (tertiary/aromatic N) is 1. The molecule has 3 unspecified atom stereocenters. The van der Waals surface area contributed by atoms with Gasteiger partial charge in [-0.2, -0.15) is 0 Å². The van der Waals surface area contributed by atoms with Crippen molar-refractivity contribution < 1.29 is 0 Å². The summed E-state index contributed by atoms with van der Waals surface area (Å²) in [5.74, 6) is 2.47. The van der Waals surface area contributed by atoms with Crippen molar-refractivity contribution in [2.45, 2.75) is 50.9 Å². The van der Waals surface area contributed by atoms with Gasteiger partial charge in [-0.05, 0) is 156 Å². The number of fused-ring (bicyclic) bond motifs is 6. The molecule has 9 aromatic rings. The van der Waals surface area contributed by atoms with Gasteiger partial charge in [-0.25, -0.2) is 0 Å². The molecule has 2 bridgehead atoms. The Labute approximate surface area is 379 Å². The molecule has 3 atom stereocenters. The van der Waals surface area contributed by atoms with Crippen LogP contribution in [0.4, 0.5) is 17.1 Å². The van der Waals surface area contributed by atoms with E-state index in [9.17, 15) is 0 Å². The first-order valence-electron chi connectivity index (χ1n) is 23.4. The smallest absolute Gasteiger partial charge is 0.179 e. The van der Waals surface area contributed by atoms with Gasteiger partial charge >= 0.3 is 0 Å². The Morgan fingerprint density at radius 2 is 0.969 bits per heavy atom. The lowest BCUT2D eigenvalue weighted by Gasteiger charge is -2.35. The van der Waals surface area contributed by atoms with E-state index in [-0.39, 0.29) is 5.41 Å². The zero-order valence-corrected chi connectivity index (χ0v) is 37.8. The van der Waals surface area contributed by atoms with E-state index in [4.69, 9.17) is 0 Å². The molecule has 9 aromatic carbocycles. The van der Waals surface area contributed by atoms with Crippen LogP contribution in [-0.4, -0.2) is 8.07 Å². The summed E-state index contributed by atoms with van der Waals surface area (Å²) in [6.07, 6.45) is 5.59. The second kappa shape index (κ2) is 15.5. The predicted molar refractivity (Wildman–Crippen MR) is 273 cm³/mol. The molecular formula is C62H53NSi. The average molecular weight is 840 g/mol. The van der Waals surface area contributed by atoms with Crippen molar-refractivity contribution in [3.05, 3.63) is 235 Å². The van der Waals surface area contributed by atoms with Crippen LogP contribution in [0.2, 0.25) is 0 Å². The lowest BCUT2D eigenvalue weighted by Crippen LogP contribution is -2.74. The number of hydrogen-bond donors (Lipinski definition) is 0. The van der Waals surface area contributed by atoms with Crippen LogP contribution in [-0.2, 0) is 5.41 Å². The highest BCUT2D eigenvalue weighted by molar-refractivity contribution is 7.19. The van der Waals surface area contributed by atoms with Gasteiger partial charge in [-0.1, -0.05) is 190 Å². The molecule has 0 radical (unpaired) electrons. The monoisotopic (exact) mass is 839 g/mol. The van der Waals surface area contributed by atoms with E-state index in [0.29, 0.717) is 5.92 Å². The summed E-state index contributed by atoms with van der Waals surface area (Å²) >= 11 is 0. The summed E-state index contributed by atoms with van der Waals surface area (Å²) in [5.41, 5.74) is 12.9. The minimum absolute atomic E-state index is 0.157. The summed E-state index contributed by atoms with van der Waals surface area (Å²) in [6.45, 7) is 4.81. The van der Waals surface area contributed by atoms with Gasteiger partial charge in [0.1, 0.15) is 0 Å². The van der Waals surface area contributed by atoms with Gasteiger partial charge in [0.15, 0.2) is 8.07 Å². The third-order valence-electron chi connectivity index (χ3n) is 15.5. The first-order valence-corrected chi connectivity index (χ1v) is 25.4. The second-order valence-electron chi connectivity index (χ2n) is 19.3. The highest BCUT2D eigenvalue weighted by atomic mass is 28.3. The van der Waals surface area contributed by atoms with Gasteiger partial charge in [-0.15, -0.1) is 0 Å². The Kier molecular flexibility index (Phi) is 9.42. The molecule has 3 aliphatic rings. The summed E-state index contributed by atoms with van der Waals surface area (Å²) < 4.78 is 0. The van der Waals surface area contributed by atoms with E-state index in [1.54, 1.807) is 0 Å². The quantitative estimate of drug-likeness (QED) is 0.103. The summed E-state index contributed by atoms with van der Waals surface area (Å²) in [5, 5.41) is 8.08. The van der Waals surface area contributed by atoms with Crippen molar-refractivity contribution >= 4 is 56.7 Å². The first-order chi connectivity index (χ1) is 31.4. The standard InChI is InChI=1S/C62H53NSi/c1-62(2)60-37-28-48(47-25-24-44-14-12-13-15-46(44)40-47)41-59(60)57-36-33-52(42-61(57)62)63(50-29-26-45(27-30-50)58-39-43-22-23-49(58)38-43)51-31-34-56(35-32-51)64(53-16-6-3-7-17-53,54-18-8-4-9-19-54)55-20-10-5-11-21-55/h3-21,24-37,40-43,49,58H,22-23,38-39H2,1-2H3. The first kappa shape index (κ1) is 38.9. The van der Waals surface area contributed by atoms with Gasteiger partial charge in [0, 0.05) is 22.5 Å². The summed E-state index contributed by atoms with van der Waals surface area (Å²) in [7, 11) is -2.68. The second-order valence-corrected chi connectivity index (χ2v) is 23.1. The molecule has 3 aliphatic carbocycles. The molecule has 0 amide bonds. The van der Waals surface area contributed by atoms with Crippen LogP contribution < -0.4 is 25.6 Å². The predicted octanol–water partition coefficient (Wildman–Crippen LogP) is 13.6. The van der Waals surface area contributed by atoms with Crippen LogP contribution in [0.3, 0.4) is 0 Å². The zero-order chi connectivity index (χ0) is 42.8. The van der Waals surface area contributed by atoms with Crippen LogP contribution in [0, 0.1) is 11.8 Å². The van der Waals surface area contributed by atoms with Crippen molar-refractivity contribution in [2.24, 2.45) is 11.8 Å². The van der Waals surface area contributed by atoms with Gasteiger partial charge in [0.2, 0.25) is 0 Å². The van der Waals surface area contributed by atoms with Gasteiger partial charge in [-0.3, -0.25) is 0 Å². The molecule has 1 nitrogen and oxygen atoms in total. The fourth-order valence-corrected chi connectivity index (χ4v) is 17.1. The molecule has 12 rings (SSSR count). The number of hydrogen-bond acceptors (Lipinski definition) is 1. The molecular weight excluding hydrogens is 787 g/mol. The van der Waals surface area contributed by atoms with E-state index in [2.05, 4.69) is 237 Å². The third-order valence-corrected chi connectivity index (χ3v) is 20.3. The Balaban J connectivity index is 0.982. The Hall–Kier alpha value is -6.74. The van der Waals surface area contributed by atoms with Crippen molar-refractivity contribution in [2.75, 3.05) is 4.90 Å². The molecule has 2 saturated carbocycles. The molecule has 2 fully saturated rings. The molecule has 0 N–H and O–H groups in total. The largest absolute Gasteiger partial charge is 0.310 e. The maximum absolute atomic E-state index is 2.68.